The van der Waals surface area contributed by atoms with Crippen molar-refractivity contribution in [1.29, 1.82) is 0 Å². The van der Waals surface area contributed by atoms with Crippen LogP contribution < -0.4 is 4.74 Å². The molecular weight excluding hydrogens is 548 g/mol. The lowest BCUT2D eigenvalue weighted by Gasteiger charge is -2.57. The van der Waals surface area contributed by atoms with Crippen LogP contribution in [-0.4, -0.2) is 72.3 Å². The lowest BCUT2D eigenvalue weighted by atomic mass is 9.52. The molecule has 1 saturated heterocycles. The number of nitrogens with zero attached hydrogens (tertiary/aromatic N) is 2. The maximum atomic E-state index is 13.2. The SMILES string of the molecule is CCC(=O)C(CC(C)N(C)C)(c1ccccc1)c1ccccc1.CN1CC[C@]23c4c5ccc(O)c4O[C@H]2C(=O)CC[C@H]3[C@H]1C5. The third kappa shape index (κ3) is 4.69. The third-order valence-electron chi connectivity index (χ3n) is 11.2. The molecule has 232 valence electrons. The summed E-state index contributed by atoms with van der Waals surface area (Å²) in [4.78, 5) is 30.3. The summed E-state index contributed by atoms with van der Waals surface area (Å²) in [6.45, 7) is 5.15. The summed E-state index contributed by atoms with van der Waals surface area (Å²) in [5, 5.41) is 10.2. The number of rotatable bonds is 7. The number of carbonyl (C=O) groups is 2. The molecule has 1 unspecified atom stereocenters. The highest BCUT2D eigenvalue weighted by Crippen LogP contribution is 2.62. The zero-order valence-corrected chi connectivity index (χ0v) is 26.8. The molecule has 1 saturated carbocycles. The van der Waals surface area contributed by atoms with Gasteiger partial charge < -0.3 is 19.6 Å². The minimum Gasteiger partial charge on any atom is -0.504 e. The second-order valence-electron chi connectivity index (χ2n) is 13.5. The highest BCUT2D eigenvalue weighted by molar-refractivity contribution is 5.93. The number of Topliss-reactive ketones (excluding diaryl/α,β-unsaturated/α-hetero) is 2. The van der Waals surface area contributed by atoms with Gasteiger partial charge in [0.05, 0.1) is 5.41 Å². The van der Waals surface area contributed by atoms with Crippen LogP contribution in [0.25, 0.3) is 0 Å². The molecule has 5 atom stereocenters. The van der Waals surface area contributed by atoms with Gasteiger partial charge in [-0.15, -0.1) is 0 Å². The van der Waals surface area contributed by atoms with Crippen molar-refractivity contribution < 1.29 is 19.4 Å². The van der Waals surface area contributed by atoms with E-state index in [0.717, 1.165) is 48.9 Å². The number of likely N-dealkylation sites (tertiary alicyclic amines) is 1. The van der Waals surface area contributed by atoms with Crippen molar-refractivity contribution in [2.75, 3.05) is 27.7 Å². The number of hydrogen-bond acceptors (Lipinski definition) is 6. The Morgan fingerprint density at radius 1 is 1.07 bits per heavy atom. The van der Waals surface area contributed by atoms with Crippen LogP contribution in [0.4, 0.5) is 0 Å². The van der Waals surface area contributed by atoms with E-state index in [0.29, 0.717) is 36.6 Å². The predicted molar refractivity (Wildman–Crippen MR) is 173 cm³/mol. The smallest absolute Gasteiger partial charge is 0.174 e. The predicted octanol–water partition coefficient (Wildman–Crippen LogP) is 5.92. The van der Waals surface area contributed by atoms with Crippen molar-refractivity contribution in [1.82, 2.24) is 9.80 Å². The largest absolute Gasteiger partial charge is 0.504 e. The third-order valence-corrected chi connectivity index (χ3v) is 11.2. The van der Waals surface area contributed by atoms with Gasteiger partial charge in [-0.05, 0) is 89.0 Å². The lowest BCUT2D eigenvalue weighted by Crippen LogP contribution is -2.65. The van der Waals surface area contributed by atoms with Crippen LogP contribution in [0, 0.1) is 5.92 Å². The quantitative estimate of drug-likeness (QED) is 0.366. The number of ether oxygens (including phenoxy) is 1. The maximum absolute atomic E-state index is 13.2. The molecule has 3 aromatic rings. The maximum Gasteiger partial charge on any atom is 0.174 e. The second-order valence-corrected chi connectivity index (χ2v) is 13.5. The summed E-state index contributed by atoms with van der Waals surface area (Å²) in [5.41, 5.74) is 3.86. The van der Waals surface area contributed by atoms with Gasteiger partial charge in [0.25, 0.3) is 0 Å². The van der Waals surface area contributed by atoms with E-state index >= 15 is 0 Å². The van der Waals surface area contributed by atoms with Gasteiger partial charge in [0, 0.05) is 35.9 Å². The Bertz CT molecular complexity index is 1480. The zero-order valence-electron chi connectivity index (χ0n) is 26.8. The molecule has 6 heteroatoms. The Hall–Kier alpha value is -3.48. The minimum absolute atomic E-state index is 0.172. The first-order valence-electron chi connectivity index (χ1n) is 16.2. The van der Waals surface area contributed by atoms with Crippen molar-refractivity contribution in [2.24, 2.45) is 5.92 Å². The van der Waals surface area contributed by atoms with Gasteiger partial charge in [0.2, 0.25) is 0 Å². The molecule has 0 amide bonds. The van der Waals surface area contributed by atoms with E-state index in [-0.39, 0.29) is 28.8 Å². The Balaban J connectivity index is 0.000000156. The molecule has 0 aromatic heterocycles. The number of benzene rings is 3. The molecule has 2 bridgehead atoms. The zero-order chi connectivity index (χ0) is 31.2. The molecule has 44 heavy (non-hydrogen) atoms. The normalized spacial score (nSPS) is 25.9. The monoisotopic (exact) mass is 594 g/mol. The van der Waals surface area contributed by atoms with Crippen LogP contribution in [0.3, 0.4) is 0 Å². The Morgan fingerprint density at radius 3 is 2.30 bits per heavy atom. The number of phenolic OH excluding ortho intramolecular Hbond substituents is 1. The molecule has 0 radical (unpaired) electrons. The number of aromatic hydroxyl groups is 1. The van der Waals surface area contributed by atoms with Gasteiger partial charge >= 0.3 is 0 Å². The van der Waals surface area contributed by atoms with Crippen LogP contribution in [0.15, 0.2) is 72.8 Å². The van der Waals surface area contributed by atoms with Crippen LogP contribution >= 0.6 is 0 Å². The van der Waals surface area contributed by atoms with E-state index in [1.165, 1.54) is 5.56 Å². The summed E-state index contributed by atoms with van der Waals surface area (Å²) >= 11 is 0. The Labute approximate surface area is 262 Å². The van der Waals surface area contributed by atoms with Crippen LogP contribution in [0.5, 0.6) is 11.5 Å². The molecule has 4 aliphatic rings. The van der Waals surface area contributed by atoms with Crippen molar-refractivity contribution >= 4 is 11.6 Å². The topological polar surface area (TPSA) is 70.1 Å². The summed E-state index contributed by atoms with van der Waals surface area (Å²) < 4.78 is 6.04. The first kappa shape index (κ1) is 30.5. The number of carbonyl (C=O) groups excluding carboxylic acids is 2. The van der Waals surface area contributed by atoms with Crippen molar-refractivity contribution in [3.05, 3.63) is 95.1 Å². The number of phenols is 1. The van der Waals surface area contributed by atoms with Gasteiger partial charge in [-0.3, -0.25) is 9.59 Å². The molecule has 2 aliphatic carbocycles. The molecule has 7 rings (SSSR count). The van der Waals surface area contributed by atoms with Crippen molar-refractivity contribution in [2.45, 2.75) is 81.4 Å². The van der Waals surface area contributed by atoms with E-state index in [9.17, 15) is 14.7 Å². The van der Waals surface area contributed by atoms with E-state index in [2.05, 4.69) is 62.1 Å². The standard InChI is InChI=1S/C21H27NO.C17H19NO3/c1-5-20(23)21(16-17(2)22(3)4,18-12-8-6-9-13-18)19-14-10-7-11-15-19;1-18-7-6-17-10-3-5-13(20)16(17)21-15-12(19)4-2-9(14(15)17)8-11(10)18/h6-15,17H,5,16H2,1-4H3;2,4,10-11,16,19H,3,5-8H2,1H3/t;10-,11+,16-,17-/m.0/s1. The fraction of sp³-hybridized carbons (Fsp3) is 0.474. The first-order chi connectivity index (χ1) is 21.1. The van der Waals surface area contributed by atoms with Crippen molar-refractivity contribution in [3.8, 4) is 11.5 Å². The summed E-state index contributed by atoms with van der Waals surface area (Å²) in [6.07, 6.45) is 4.49. The van der Waals surface area contributed by atoms with Gasteiger partial charge in [-0.2, -0.15) is 0 Å². The van der Waals surface area contributed by atoms with E-state index in [1.54, 1.807) is 6.07 Å². The molecule has 2 heterocycles. The molecular formula is C38H46N2O4. The molecule has 1 spiro atoms. The number of likely N-dealkylation sites (N-methyl/N-ethyl adjacent to an activating group) is 1. The summed E-state index contributed by atoms with van der Waals surface area (Å²) in [5.74, 6) is 1.78. The molecule has 3 aromatic carbocycles. The highest BCUT2D eigenvalue weighted by Gasteiger charge is 2.65. The highest BCUT2D eigenvalue weighted by atomic mass is 16.5. The summed E-state index contributed by atoms with van der Waals surface area (Å²) in [6, 6.07) is 25.0. The number of ketones is 2. The van der Waals surface area contributed by atoms with E-state index < -0.39 is 5.41 Å². The Morgan fingerprint density at radius 2 is 1.70 bits per heavy atom. The first-order valence-corrected chi connectivity index (χ1v) is 16.2. The number of piperidine rings is 1. The number of hydrogen-bond donors (Lipinski definition) is 1. The van der Waals surface area contributed by atoms with Gasteiger partial charge in [-0.1, -0.05) is 73.7 Å². The van der Waals surface area contributed by atoms with Crippen LogP contribution in [0.2, 0.25) is 0 Å². The van der Waals surface area contributed by atoms with Gasteiger partial charge in [0.1, 0.15) is 5.78 Å². The molecule has 2 fully saturated rings. The van der Waals surface area contributed by atoms with Crippen LogP contribution in [-0.2, 0) is 26.8 Å². The second kappa shape index (κ2) is 11.8. The fourth-order valence-corrected chi connectivity index (χ4v) is 8.73. The molecule has 6 nitrogen and oxygen atoms in total. The van der Waals surface area contributed by atoms with Gasteiger partial charge in [0.15, 0.2) is 23.4 Å². The van der Waals surface area contributed by atoms with Crippen molar-refractivity contribution in [3.63, 3.8) is 0 Å². The average Bonchev–Trinajstić information content (AvgIpc) is 3.40. The Kier molecular flexibility index (Phi) is 8.18. The summed E-state index contributed by atoms with van der Waals surface area (Å²) in [7, 11) is 6.34. The van der Waals surface area contributed by atoms with Crippen LogP contribution in [0.1, 0.15) is 68.2 Å². The lowest BCUT2D eigenvalue weighted by molar-refractivity contribution is -0.138. The molecule has 1 N–H and O–H groups in total. The average molecular weight is 595 g/mol. The fourth-order valence-electron chi connectivity index (χ4n) is 8.73. The van der Waals surface area contributed by atoms with E-state index in [4.69, 9.17) is 4.74 Å². The van der Waals surface area contributed by atoms with E-state index in [1.807, 2.05) is 49.4 Å². The molecule has 2 aliphatic heterocycles. The minimum atomic E-state index is -0.582. The van der Waals surface area contributed by atoms with Gasteiger partial charge in [-0.25, -0.2) is 0 Å².